The number of amides is 1. The first-order valence-electron chi connectivity index (χ1n) is 8.86. The van der Waals surface area contributed by atoms with E-state index in [-0.39, 0.29) is 5.91 Å². The van der Waals surface area contributed by atoms with Crippen LogP contribution in [0.1, 0.15) is 28.8 Å². The van der Waals surface area contributed by atoms with E-state index in [1.54, 1.807) is 11.8 Å². The van der Waals surface area contributed by atoms with Crippen LogP contribution in [-0.4, -0.2) is 52.2 Å². The highest BCUT2D eigenvalue weighted by Gasteiger charge is 2.31. The Balaban J connectivity index is 1.35. The van der Waals surface area contributed by atoms with Crippen LogP contribution in [0.15, 0.2) is 35.7 Å². The molecule has 2 N–H and O–H groups in total. The summed E-state index contributed by atoms with van der Waals surface area (Å²) in [5.74, 6) is 2.47. The van der Waals surface area contributed by atoms with Gasteiger partial charge in [-0.1, -0.05) is 23.9 Å². The van der Waals surface area contributed by atoms with Crippen molar-refractivity contribution in [3.8, 4) is 0 Å². The average molecular weight is 357 g/mol. The van der Waals surface area contributed by atoms with Gasteiger partial charge in [-0.2, -0.15) is 5.10 Å². The molecule has 1 aromatic carbocycles. The third-order valence-corrected chi connectivity index (χ3v) is 6.22. The molecule has 0 spiro atoms. The number of hydrogen-bond donors (Lipinski definition) is 2. The van der Waals surface area contributed by atoms with E-state index < -0.39 is 0 Å². The van der Waals surface area contributed by atoms with Crippen molar-refractivity contribution in [1.82, 2.24) is 25.4 Å². The number of carbonyl (C=O) groups is 1. The van der Waals surface area contributed by atoms with Gasteiger partial charge >= 0.3 is 0 Å². The van der Waals surface area contributed by atoms with E-state index in [1.165, 1.54) is 11.9 Å². The maximum absolute atomic E-state index is 12.8. The number of likely N-dealkylation sites (tertiary alicyclic amines) is 1. The molecule has 2 aromatic rings. The first kappa shape index (κ1) is 16.6. The Morgan fingerprint density at radius 3 is 2.52 bits per heavy atom. The topological polar surface area (TPSA) is 73.9 Å². The van der Waals surface area contributed by atoms with Crippen molar-refractivity contribution in [2.75, 3.05) is 26.2 Å². The number of nitrogens with zero attached hydrogens (tertiary/aromatic N) is 3. The Morgan fingerprint density at radius 2 is 1.88 bits per heavy atom. The summed E-state index contributed by atoms with van der Waals surface area (Å²) in [6.45, 7) is 3.99. The summed E-state index contributed by atoms with van der Waals surface area (Å²) < 4.78 is 0. The van der Waals surface area contributed by atoms with Gasteiger partial charge in [-0.25, -0.2) is 4.98 Å². The van der Waals surface area contributed by atoms with Crippen LogP contribution in [0.2, 0.25) is 0 Å². The molecule has 0 bridgehead atoms. The third-order valence-electron chi connectivity index (χ3n) is 5.28. The van der Waals surface area contributed by atoms with Crippen molar-refractivity contribution in [1.29, 1.82) is 0 Å². The van der Waals surface area contributed by atoms with Gasteiger partial charge in [0, 0.05) is 24.4 Å². The average Bonchev–Trinajstić information content (AvgIpc) is 3.29. The number of carbonyl (C=O) groups excluding carboxylic acids is 1. The fourth-order valence-corrected chi connectivity index (χ4v) is 4.50. The molecule has 2 aliphatic heterocycles. The van der Waals surface area contributed by atoms with Gasteiger partial charge in [-0.3, -0.25) is 9.89 Å². The van der Waals surface area contributed by atoms with Crippen LogP contribution in [-0.2, 0) is 5.75 Å². The summed E-state index contributed by atoms with van der Waals surface area (Å²) in [6.07, 6.45) is 3.75. The largest absolute Gasteiger partial charge is 0.339 e. The van der Waals surface area contributed by atoms with Gasteiger partial charge in [0.05, 0.1) is 0 Å². The Bertz CT molecular complexity index is 689. The molecule has 3 heterocycles. The quantitative estimate of drug-likeness (QED) is 0.821. The zero-order valence-corrected chi connectivity index (χ0v) is 15.0. The van der Waals surface area contributed by atoms with Gasteiger partial charge in [0.1, 0.15) is 6.33 Å². The lowest BCUT2D eigenvalue weighted by atomic mass is 9.92. The number of H-pyrrole nitrogens is 1. The van der Waals surface area contributed by atoms with Crippen molar-refractivity contribution in [2.45, 2.75) is 23.8 Å². The number of fused-ring (bicyclic) bond motifs is 1. The number of aromatic amines is 1. The molecular weight excluding hydrogens is 334 g/mol. The van der Waals surface area contributed by atoms with Gasteiger partial charge < -0.3 is 10.2 Å². The molecule has 1 amide bonds. The molecule has 0 unspecified atom stereocenters. The second-order valence-electron chi connectivity index (χ2n) is 6.82. The van der Waals surface area contributed by atoms with Crippen LogP contribution in [0.5, 0.6) is 0 Å². The zero-order valence-electron chi connectivity index (χ0n) is 14.1. The Kier molecular flexibility index (Phi) is 5.03. The number of benzene rings is 1. The molecule has 0 saturated carbocycles. The molecular formula is C18H23N5OS. The van der Waals surface area contributed by atoms with Gasteiger partial charge in [-0.15, -0.1) is 0 Å². The van der Waals surface area contributed by atoms with E-state index in [0.29, 0.717) is 0 Å². The molecule has 2 saturated heterocycles. The van der Waals surface area contributed by atoms with Crippen LogP contribution in [0.3, 0.4) is 0 Å². The molecule has 2 aliphatic rings. The standard InChI is InChI=1S/C18H23N5OS/c24-17(23-7-5-15-9-19-10-16(15)6-8-23)14-3-1-13(2-4-14)11-25-18-20-12-21-22-18/h1-4,12,15-16,19H,5-11H2,(H,20,21,22)/t15-,16+. The molecule has 1 aromatic heterocycles. The van der Waals surface area contributed by atoms with Gasteiger partial charge in [0.15, 0.2) is 5.16 Å². The monoisotopic (exact) mass is 357 g/mol. The molecule has 25 heavy (non-hydrogen) atoms. The van der Waals surface area contributed by atoms with E-state index in [0.717, 1.165) is 67.3 Å². The summed E-state index contributed by atoms with van der Waals surface area (Å²) in [7, 11) is 0. The second-order valence-corrected chi connectivity index (χ2v) is 7.79. The maximum Gasteiger partial charge on any atom is 0.253 e. The van der Waals surface area contributed by atoms with Crippen molar-refractivity contribution in [3.05, 3.63) is 41.7 Å². The minimum Gasteiger partial charge on any atom is -0.339 e. The summed E-state index contributed by atoms with van der Waals surface area (Å²) in [6, 6.07) is 7.97. The van der Waals surface area contributed by atoms with Gasteiger partial charge in [-0.05, 0) is 55.5 Å². The van der Waals surface area contributed by atoms with Gasteiger partial charge in [0.2, 0.25) is 0 Å². The molecule has 7 heteroatoms. The van der Waals surface area contributed by atoms with Crippen molar-refractivity contribution in [3.63, 3.8) is 0 Å². The summed E-state index contributed by atoms with van der Waals surface area (Å²) in [4.78, 5) is 19.0. The Labute approximate surface area is 151 Å². The predicted octanol–water partition coefficient (Wildman–Crippen LogP) is 2.17. The molecule has 2 fully saturated rings. The fraction of sp³-hybridized carbons (Fsp3) is 0.500. The smallest absolute Gasteiger partial charge is 0.253 e. The normalized spacial score (nSPS) is 23.3. The van der Waals surface area contributed by atoms with Crippen LogP contribution in [0.4, 0.5) is 0 Å². The van der Waals surface area contributed by atoms with Crippen molar-refractivity contribution in [2.24, 2.45) is 11.8 Å². The highest BCUT2D eigenvalue weighted by atomic mass is 32.2. The highest BCUT2D eigenvalue weighted by Crippen LogP contribution is 2.28. The van der Waals surface area contributed by atoms with Crippen LogP contribution in [0, 0.1) is 11.8 Å². The molecule has 2 atom stereocenters. The number of thioether (sulfide) groups is 1. The summed E-state index contributed by atoms with van der Waals surface area (Å²) in [5, 5.41) is 11.0. The van der Waals surface area contributed by atoms with Crippen LogP contribution >= 0.6 is 11.8 Å². The number of hydrogen-bond acceptors (Lipinski definition) is 5. The Morgan fingerprint density at radius 1 is 1.16 bits per heavy atom. The molecule has 0 aliphatic carbocycles. The van der Waals surface area contributed by atoms with Crippen LogP contribution in [0.25, 0.3) is 0 Å². The number of aromatic nitrogens is 3. The minimum atomic E-state index is 0.169. The molecule has 4 rings (SSSR count). The molecule has 6 nitrogen and oxygen atoms in total. The van der Waals surface area contributed by atoms with E-state index in [9.17, 15) is 4.79 Å². The van der Waals surface area contributed by atoms with Crippen LogP contribution < -0.4 is 5.32 Å². The van der Waals surface area contributed by atoms with E-state index in [1.807, 2.05) is 29.2 Å². The summed E-state index contributed by atoms with van der Waals surface area (Å²) >= 11 is 1.60. The molecule has 132 valence electrons. The number of rotatable bonds is 4. The van der Waals surface area contributed by atoms with E-state index >= 15 is 0 Å². The fourth-order valence-electron chi connectivity index (χ4n) is 3.76. The van der Waals surface area contributed by atoms with E-state index in [2.05, 4.69) is 20.5 Å². The lowest BCUT2D eigenvalue weighted by Gasteiger charge is -2.21. The van der Waals surface area contributed by atoms with Crippen molar-refractivity contribution < 1.29 is 4.79 Å². The predicted molar refractivity (Wildman–Crippen MR) is 97.4 cm³/mol. The second kappa shape index (κ2) is 7.58. The molecule has 0 radical (unpaired) electrons. The maximum atomic E-state index is 12.8. The number of nitrogens with one attached hydrogen (secondary N) is 2. The highest BCUT2D eigenvalue weighted by molar-refractivity contribution is 7.98. The third kappa shape index (κ3) is 3.88. The first-order valence-corrected chi connectivity index (χ1v) is 9.85. The Hall–Kier alpha value is -1.86. The first-order chi connectivity index (χ1) is 12.3. The summed E-state index contributed by atoms with van der Waals surface area (Å²) in [5.41, 5.74) is 1.97. The van der Waals surface area contributed by atoms with Gasteiger partial charge in [0.25, 0.3) is 5.91 Å². The van der Waals surface area contributed by atoms with E-state index in [4.69, 9.17) is 0 Å². The zero-order chi connectivity index (χ0) is 17.1. The lowest BCUT2D eigenvalue weighted by Crippen LogP contribution is -2.32. The lowest BCUT2D eigenvalue weighted by molar-refractivity contribution is 0.0758. The SMILES string of the molecule is O=C(c1ccc(CSc2ncn[nH]2)cc1)N1CC[C@@H]2CNC[C@@H]2CC1. The minimum absolute atomic E-state index is 0.169. The van der Waals surface area contributed by atoms with Crippen molar-refractivity contribution >= 4 is 17.7 Å².